The second-order valence-electron chi connectivity index (χ2n) is 6.61. The van der Waals surface area contributed by atoms with Crippen LogP contribution >= 0.6 is 11.3 Å². The third kappa shape index (κ3) is 3.72. The number of sulfonamides is 1. The van der Waals surface area contributed by atoms with Gasteiger partial charge in [-0.2, -0.15) is 4.31 Å². The van der Waals surface area contributed by atoms with Crippen molar-refractivity contribution in [3.05, 3.63) is 35.7 Å². The number of ether oxygens (including phenoxy) is 2. The van der Waals surface area contributed by atoms with E-state index < -0.39 is 10.0 Å². The Morgan fingerprint density at radius 2 is 1.89 bits per heavy atom. The van der Waals surface area contributed by atoms with Crippen molar-refractivity contribution in [1.82, 2.24) is 9.21 Å². The van der Waals surface area contributed by atoms with Crippen molar-refractivity contribution in [3.8, 4) is 11.5 Å². The van der Waals surface area contributed by atoms with E-state index in [2.05, 4.69) is 5.32 Å². The summed E-state index contributed by atoms with van der Waals surface area (Å²) < 4.78 is 37.7. The van der Waals surface area contributed by atoms with E-state index in [1.807, 2.05) is 11.8 Å². The molecule has 1 aromatic heterocycles. The van der Waals surface area contributed by atoms with Crippen LogP contribution < -0.4 is 14.8 Å². The number of fused-ring (bicyclic) bond motifs is 1. The monoisotopic (exact) mass is 423 g/mol. The van der Waals surface area contributed by atoms with Crippen LogP contribution in [-0.2, 0) is 14.8 Å². The molecule has 2 aromatic rings. The van der Waals surface area contributed by atoms with E-state index in [1.54, 1.807) is 35.7 Å². The van der Waals surface area contributed by atoms with Crippen LogP contribution in [0.4, 0.5) is 5.69 Å². The van der Waals surface area contributed by atoms with E-state index >= 15 is 0 Å². The van der Waals surface area contributed by atoms with Crippen molar-refractivity contribution >= 4 is 33.0 Å². The van der Waals surface area contributed by atoms with E-state index in [4.69, 9.17) is 9.47 Å². The van der Waals surface area contributed by atoms with Crippen LogP contribution in [0.3, 0.4) is 0 Å². The number of rotatable bonds is 5. The van der Waals surface area contributed by atoms with Crippen molar-refractivity contribution in [2.24, 2.45) is 0 Å². The number of nitrogens with zero attached hydrogens (tertiary/aromatic N) is 2. The van der Waals surface area contributed by atoms with Crippen LogP contribution in [0, 0.1) is 0 Å². The summed E-state index contributed by atoms with van der Waals surface area (Å²) in [4.78, 5) is 14.6. The fourth-order valence-electron chi connectivity index (χ4n) is 3.26. The smallest absolute Gasteiger partial charge is 0.252 e. The van der Waals surface area contributed by atoms with Crippen molar-refractivity contribution < 1.29 is 22.7 Å². The van der Waals surface area contributed by atoms with Crippen LogP contribution in [0.15, 0.2) is 39.9 Å². The summed E-state index contributed by atoms with van der Waals surface area (Å²) in [7, 11) is -3.44. The fraction of sp³-hybridized carbons (Fsp3) is 0.389. The highest BCUT2D eigenvalue weighted by atomic mass is 32.2. The Bertz CT molecular complexity index is 954. The van der Waals surface area contributed by atoms with Crippen LogP contribution in [-0.4, -0.2) is 62.5 Å². The summed E-state index contributed by atoms with van der Waals surface area (Å²) in [6.07, 6.45) is 0. The van der Waals surface area contributed by atoms with Gasteiger partial charge in [0.1, 0.15) is 4.21 Å². The first-order chi connectivity index (χ1) is 13.4. The van der Waals surface area contributed by atoms with E-state index in [-0.39, 0.29) is 18.7 Å². The minimum atomic E-state index is -3.44. The van der Waals surface area contributed by atoms with E-state index in [9.17, 15) is 13.2 Å². The maximum atomic E-state index is 12.6. The van der Waals surface area contributed by atoms with Crippen molar-refractivity contribution in [3.63, 3.8) is 0 Å². The lowest BCUT2D eigenvalue weighted by Crippen LogP contribution is -2.53. The summed E-state index contributed by atoms with van der Waals surface area (Å²) in [5, 5.41) is 4.64. The normalized spacial score (nSPS) is 18.8. The van der Waals surface area contributed by atoms with Gasteiger partial charge in [-0.25, -0.2) is 8.42 Å². The van der Waals surface area contributed by atoms with Gasteiger partial charge in [-0.05, 0) is 30.5 Å². The molecule has 8 nitrogen and oxygen atoms in total. The van der Waals surface area contributed by atoms with Gasteiger partial charge in [0.15, 0.2) is 11.5 Å². The summed E-state index contributed by atoms with van der Waals surface area (Å²) in [6, 6.07) is 8.24. The summed E-state index contributed by atoms with van der Waals surface area (Å²) in [5.41, 5.74) is 0.639. The number of carbonyl (C=O) groups excluding carboxylic acids is 1. The molecule has 1 atom stereocenters. The number of hydrogen-bond acceptors (Lipinski definition) is 7. The molecule has 0 radical (unpaired) electrons. The van der Waals surface area contributed by atoms with Gasteiger partial charge < -0.3 is 14.8 Å². The fourth-order valence-corrected chi connectivity index (χ4v) is 5.82. The predicted octanol–water partition coefficient (Wildman–Crippen LogP) is 1.81. The summed E-state index contributed by atoms with van der Waals surface area (Å²) >= 11 is 1.22. The lowest BCUT2D eigenvalue weighted by atomic mass is 10.2. The number of anilines is 1. The van der Waals surface area contributed by atoms with Crippen molar-refractivity contribution in [2.75, 3.05) is 38.3 Å². The van der Waals surface area contributed by atoms with Gasteiger partial charge in [0, 0.05) is 37.9 Å². The predicted molar refractivity (Wildman–Crippen MR) is 105 cm³/mol. The number of piperazine rings is 1. The molecule has 150 valence electrons. The highest BCUT2D eigenvalue weighted by molar-refractivity contribution is 7.91. The molecule has 1 aromatic carbocycles. The average Bonchev–Trinajstić information content (AvgIpc) is 3.39. The quantitative estimate of drug-likeness (QED) is 0.789. The number of hydrogen-bond donors (Lipinski definition) is 1. The Morgan fingerprint density at radius 3 is 2.61 bits per heavy atom. The van der Waals surface area contributed by atoms with Gasteiger partial charge in [-0.3, -0.25) is 9.69 Å². The Hall–Kier alpha value is -2.14. The molecule has 1 N–H and O–H groups in total. The minimum Gasteiger partial charge on any atom is -0.454 e. The lowest BCUT2D eigenvalue weighted by molar-refractivity contribution is -0.121. The van der Waals surface area contributed by atoms with Crippen LogP contribution in [0.5, 0.6) is 11.5 Å². The molecular weight excluding hydrogens is 402 g/mol. The zero-order valence-corrected chi connectivity index (χ0v) is 17.0. The molecule has 1 amide bonds. The number of nitrogens with one attached hydrogen (secondary N) is 1. The van der Waals surface area contributed by atoms with Crippen molar-refractivity contribution in [1.29, 1.82) is 0 Å². The van der Waals surface area contributed by atoms with Gasteiger partial charge in [0.05, 0.1) is 6.04 Å². The van der Waals surface area contributed by atoms with Crippen molar-refractivity contribution in [2.45, 2.75) is 17.2 Å². The Balaban J connectivity index is 1.34. The Morgan fingerprint density at radius 1 is 1.14 bits per heavy atom. The van der Waals surface area contributed by atoms with Gasteiger partial charge in [-0.1, -0.05) is 6.07 Å². The summed E-state index contributed by atoms with van der Waals surface area (Å²) in [6.45, 7) is 3.73. The molecule has 2 aliphatic heterocycles. The average molecular weight is 424 g/mol. The molecule has 4 rings (SSSR count). The van der Waals surface area contributed by atoms with E-state index in [0.29, 0.717) is 47.6 Å². The third-order valence-corrected chi connectivity index (χ3v) is 8.20. The van der Waals surface area contributed by atoms with E-state index in [0.717, 1.165) is 0 Å². The molecule has 0 unspecified atom stereocenters. The number of benzene rings is 1. The highest BCUT2D eigenvalue weighted by Crippen LogP contribution is 2.34. The number of carbonyl (C=O) groups is 1. The van der Waals surface area contributed by atoms with Crippen LogP contribution in [0.25, 0.3) is 0 Å². The zero-order valence-electron chi connectivity index (χ0n) is 15.3. The molecule has 10 heteroatoms. The Kier molecular flexibility index (Phi) is 5.28. The Labute approximate surface area is 167 Å². The molecule has 1 saturated heterocycles. The largest absolute Gasteiger partial charge is 0.454 e. The molecule has 0 aliphatic carbocycles. The zero-order chi connectivity index (χ0) is 19.7. The molecule has 0 saturated carbocycles. The molecule has 2 aliphatic rings. The maximum absolute atomic E-state index is 12.6. The minimum absolute atomic E-state index is 0.145. The first-order valence-corrected chi connectivity index (χ1v) is 11.3. The number of thiophene rings is 1. The van der Waals surface area contributed by atoms with Gasteiger partial charge >= 0.3 is 0 Å². The SMILES string of the molecule is C[C@H](C(=O)Nc1ccc2c(c1)OCO2)N1CCN(S(=O)(=O)c2cccs2)CC1. The molecule has 3 heterocycles. The maximum Gasteiger partial charge on any atom is 0.252 e. The molecule has 0 bridgehead atoms. The second-order valence-corrected chi connectivity index (χ2v) is 9.72. The molecule has 28 heavy (non-hydrogen) atoms. The third-order valence-electron chi connectivity index (χ3n) is 4.93. The molecule has 0 spiro atoms. The van der Waals surface area contributed by atoms with Crippen LogP contribution in [0.2, 0.25) is 0 Å². The molecular formula is C18H21N3O5S2. The topological polar surface area (TPSA) is 88.2 Å². The van der Waals surface area contributed by atoms with E-state index in [1.165, 1.54) is 15.6 Å². The van der Waals surface area contributed by atoms with Gasteiger partial charge in [0.25, 0.3) is 10.0 Å². The standard InChI is InChI=1S/C18H21N3O5S2/c1-13(18(22)19-14-4-5-15-16(11-14)26-12-25-15)20-6-8-21(9-7-20)28(23,24)17-3-2-10-27-17/h2-5,10-11,13H,6-9,12H2,1H3,(H,19,22)/t13-/m1/s1. The van der Waals surface area contributed by atoms with Gasteiger partial charge in [0.2, 0.25) is 12.7 Å². The summed E-state index contributed by atoms with van der Waals surface area (Å²) in [5.74, 6) is 1.13. The second kappa shape index (κ2) is 7.70. The van der Waals surface area contributed by atoms with Crippen LogP contribution in [0.1, 0.15) is 6.92 Å². The first-order valence-electron chi connectivity index (χ1n) is 8.93. The lowest BCUT2D eigenvalue weighted by Gasteiger charge is -2.36. The first kappa shape index (κ1) is 19.2. The van der Waals surface area contributed by atoms with Gasteiger partial charge in [-0.15, -0.1) is 11.3 Å². The number of amides is 1. The molecule has 1 fully saturated rings. The highest BCUT2D eigenvalue weighted by Gasteiger charge is 2.32.